The number of halogens is 3. The predicted molar refractivity (Wildman–Crippen MR) is 139 cm³/mol. The normalized spacial score (nSPS) is 11.4. The van der Waals surface area contributed by atoms with Gasteiger partial charge in [0.05, 0.1) is 12.2 Å². The van der Waals surface area contributed by atoms with Crippen molar-refractivity contribution >= 4 is 28.8 Å². The first-order valence-electron chi connectivity index (χ1n) is 11.4. The van der Waals surface area contributed by atoms with Crippen LogP contribution in [0.3, 0.4) is 0 Å². The predicted octanol–water partition coefficient (Wildman–Crippen LogP) is 7.01. The summed E-state index contributed by atoms with van der Waals surface area (Å²) in [6, 6.07) is 3.53. The molecule has 0 bridgehead atoms. The average molecular weight is 490 g/mol. The van der Waals surface area contributed by atoms with Crippen molar-refractivity contribution in [3.05, 3.63) is 77.9 Å². The quantitative estimate of drug-likeness (QED) is 0.209. The number of hydrogen-bond donors (Lipinski definition) is 2. The van der Waals surface area contributed by atoms with E-state index < -0.39 is 11.6 Å². The van der Waals surface area contributed by atoms with Gasteiger partial charge in [-0.05, 0) is 61.7 Å². The van der Waals surface area contributed by atoms with Gasteiger partial charge in [-0.1, -0.05) is 38.7 Å². The molecule has 184 valence electrons. The van der Waals surface area contributed by atoms with E-state index in [9.17, 15) is 8.78 Å². The molecule has 5 nitrogen and oxygen atoms in total. The van der Waals surface area contributed by atoms with Crippen molar-refractivity contribution < 1.29 is 8.78 Å². The van der Waals surface area contributed by atoms with Crippen LogP contribution in [0.4, 0.5) is 14.6 Å². The third-order valence-corrected chi connectivity index (χ3v) is 5.46. The van der Waals surface area contributed by atoms with Gasteiger partial charge >= 0.3 is 0 Å². The van der Waals surface area contributed by atoms with Gasteiger partial charge in [-0.3, -0.25) is 4.99 Å². The van der Waals surface area contributed by atoms with Crippen LogP contribution in [-0.2, 0) is 6.42 Å². The molecule has 1 aromatic carbocycles. The van der Waals surface area contributed by atoms with Crippen molar-refractivity contribution in [1.82, 2.24) is 14.9 Å². The van der Waals surface area contributed by atoms with Crippen molar-refractivity contribution in [3.8, 4) is 0 Å². The Morgan fingerprint density at radius 3 is 2.53 bits per heavy atom. The molecule has 0 saturated carbocycles. The lowest BCUT2D eigenvalue weighted by Gasteiger charge is -2.26. The van der Waals surface area contributed by atoms with Crippen LogP contribution in [0.25, 0.3) is 5.70 Å². The fourth-order valence-corrected chi connectivity index (χ4v) is 3.73. The Kier molecular flexibility index (Phi) is 11.0. The third-order valence-electron chi connectivity index (χ3n) is 5.28. The minimum absolute atomic E-state index is 0.290. The van der Waals surface area contributed by atoms with Gasteiger partial charge in [0.25, 0.3) is 0 Å². The lowest BCUT2D eigenvalue weighted by Crippen LogP contribution is -2.25. The Morgan fingerprint density at radius 1 is 1.21 bits per heavy atom. The maximum atomic E-state index is 13.4. The molecule has 8 heteroatoms. The SMILES string of the molecule is C=CNc1nc(Cl)[nH]c1C(=C)N(CCCC)CCCC(=C)CN=C(C)Cc1cc(F)cc(F)c1. The van der Waals surface area contributed by atoms with Crippen molar-refractivity contribution in [2.24, 2.45) is 4.99 Å². The summed E-state index contributed by atoms with van der Waals surface area (Å²) in [5, 5.41) is 3.28. The maximum Gasteiger partial charge on any atom is 0.202 e. The van der Waals surface area contributed by atoms with Crippen LogP contribution >= 0.6 is 11.6 Å². The highest BCUT2D eigenvalue weighted by Gasteiger charge is 2.17. The molecule has 0 spiro atoms. The number of benzene rings is 1. The highest BCUT2D eigenvalue weighted by Crippen LogP contribution is 2.26. The molecule has 0 aliphatic heterocycles. The number of aliphatic imine (C=N–C) groups is 1. The molecule has 0 atom stereocenters. The van der Waals surface area contributed by atoms with E-state index in [1.807, 2.05) is 6.92 Å². The summed E-state index contributed by atoms with van der Waals surface area (Å²) in [6.45, 7) is 18.3. The molecule has 1 heterocycles. The second-order valence-corrected chi connectivity index (χ2v) is 8.60. The second-order valence-electron chi connectivity index (χ2n) is 8.25. The van der Waals surface area contributed by atoms with Crippen molar-refractivity contribution in [2.75, 3.05) is 25.0 Å². The van der Waals surface area contributed by atoms with Crippen LogP contribution < -0.4 is 5.32 Å². The third kappa shape index (κ3) is 8.78. The molecule has 2 aromatic rings. The van der Waals surface area contributed by atoms with Gasteiger partial charge in [-0.15, -0.1) is 0 Å². The van der Waals surface area contributed by atoms with E-state index in [2.05, 4.69) is 51.8 Å². The fourth-order valence-electron chi connectivity index (χ4n) is 3.55. The Hall–Kier alpha value is -2.93. The summed E-state index contributed by atoms with van der Waals surface area (Å²) >= 11 is 6.07. The van der Waals surface area contributed by atoms with E-state index in [1.54, 1.807) is 6.20 Å². The second kappa shape index (κ2) is 13.7. The lowest BCUT2D eigenvalue weighted by molar-refractivity contribution is 0.380. The molecule has 0 aliphatic rings. The monoisotopic (exact) mass is 489 g/mol. The zero-order valence-corrected chi connectivity index (χ0v) is 20.8. The van der Waals surface area contributed by atoms with Gasteiger partial charge in [0, 0.05) is 31.3 Å². The first kappa shape index (κ1) is 27.3. The van der Waals surface area contributed by atoms with Gasteiger partial charge < -0.3 is 15.2 Å². The van der Waals surface area contributed by atoms with Crippen LogP contribution in [0.15, 0.2) is 54.7 Å². The van der Waals surface area contributed by atoms with E-state index in [4.69, 9.17) is 11.6 Å². The highest BCUT2D eigenvalue weighted by molar-refractivity contribution is 6.28. The molecule has 34 heavy (non-hydrogen) atoms. The molecule has 2 N–H and O–H groups in total. The van der Waals surface area contributed by atoms with Crippen molar-refractivity contribution in [3.63, 3.8) is 0 Å². The Labute approximate surface area is 206 Å². The number of rotatable bonds is 15. The summed E-state index contributed by atoms with van der Waals surface area (Å²) in [5.41, 5.74) is 3.94. The molecule has 2 rings (SSSR count). The zero-order valence-electron chi connectivity index (χ0n) is 20.1. The summed E-state index contributed by atoms with van der Waals surface area (Å²) in [7, 11) is 0. The van der Waals surface area contributed by atoms with Crippen LogP contribution in [0.1, 0.15) is 50.8 Å². The van der Waals surface area contributed by atoms with Crippen LogP contribution in [0, 0.1) is 11.6 Å². The molecule has 0 amide bonds. The lowest BCUT2D eigenvalue weighted by atomic mass is 10.1. The summed E-state index contributed by atoms with van der Waals surface area (Å²) in [5.74, 6) is -0.559. The number of aromatic nitrogens is 2. The topological polar surface area (TPSA) is 56.3 Å². The number of hydrogen-bond acceptors (Lipinski definition) is 4. The number of imidazole rings is 1. The first-order chi connectivity index (χ1) is 16.2. The molecule has 0 aliphatic carbocycles. The number of nitrogens with one attached hydrogen (secondary N) is 2. The molecule has 0 fully saturated rings. The summed E-state index contributed by atoms with van der Waals surface area (Å²) < 4.78 is 26.8. The fraction of sp³-hybridized carbons (Fsp3) is 0.385. The molecule has 0 unspecified atom stereocenters. The van der Waals surface area contributed by atoms with E-state index in [1.165, 1.54) is 12.1 Å². The standard InChI is InChI=1S/C26H34ClF2N5/c1-6-8-11-34(20(5)24-25(30-7-2)33-26(27)32-24)12-9-10-18(3)17-31-19(4)13-21-14-22(28)16-23(29)15-21/h7,14-16,30H,2-3,5-6,8-13,17H2,1,4H3,(H,32,33). The number of unbranched alkanes of at least 4 members (excludes halogenated alkanes) is 1. The smallest absolute Gasteiger partial charge is 0.202 e. The number of nitrogens with zero attached hydrogens (tertiary/aromatic N) is 3. The minimum atomic E-state index is -0.578. The number of anilines is 1. The highest BCUT2D eigenvalue weighted by atomic mass is 35.5. The minimum Gasteiger partial charge on any atom is -0.370 e. The van der Waals surface area contributed by atoms with Crippen LogP contribution in [0.2, 0.25) is 5.28 Å². The van der Waals surface area contributed by atoms with E-state index in [0.29, 0.717) is 29.6 Å². The Morgan fingerprint density at radius 2 is 1.88 bits per heavy atom. The molecular weight excluding hydrogens is 456 g/mol. The molecule has 0 radical (unpaired) electrons. The van der Waals surface area contributed by atoms with Crippen LogP contribution in [-0.4, -0.2) is 40.2 Å². The number of aromatic amines is 1. The molecular formula is C26H34ClF2N5. The Bertz CT molecular complexity index is 1010. The Balaban J connectivity index is 1.90. The van der Waals surface area contributed by atoms with Gasteiger partial charge in [0.15, 0.2) is 5.82 Å². The van der Waals surface area contributed by atoms with Gasteiger partial charge in [-0.25, -0.2) is 8.78 Å². The average Bonchev–Trinajstić information content (AvgIpc) is 3.13. The van der Waals surface area contributed by atoms with Crippen molar-refractivity contribution in [2.45, 2.75) is 46.0 Å². The largest absolute Gasteiger partial charge is 0.370 e. The molecule has 0 saturated heterocycles. The van der Waals surface area contributed by atoms with Crippen molar-refractivity contribution in [1.29, 1.82) is 0 Å². The molecule has 1 aromatic heterocycles. The van der Waals surface area contributed by atoms with Gasteiger partial charge in [-0.2, -0.15) is 4.98 Å². The first-order valence-corrected chi connectivity index (χ1v) is 11.8. The zero-order chi connectivity index (χ0) is 25.1. The van der Waals surface area contributed by atoms with E-state index in [-0.39, 0.29) is 0 Å². The summed E-state index contributed by atoms with van der Waals surface area (Å²) in [4.78, 5) is 14.1. The van der Waals surface area contributed by atoms with Gasteiger partial charge in [0.1, 0.15) is 17.3 Å². The van der Waals surface area contributed by atoms with Gasteiger partial charge in [0.2, 0.25) is 5.28 Å². The summed E-state index contributed by atoms with van der Waals surface area (Å²) in [6.07, 6.45) is 5.76. The van der Waals surface area contributed by atoms with E-state index in [0.717, 1.165) is 67.5 Å². The maximum absolute atomic E-state index is 13.4. The number of H-pyrrole nitrogens is 1. The van der Waals surface area contributed by atoms with E-state index >= 15 is 0 Å². The van der Waals surface area contributed by atoms with Crippen LogP contribution in [0.5, 0.6) is 0 Å².